The number of nitrogens with two attached hydrogens (primary N) is 1. The standard InChI is InChI=1S/C81H116N12O20/c1-8-77(109)36-46-37-80(76(108)112-7,65-51(27-31-91(38-46)43-77)50-23-16-17-24-54(50)84-65)53-34-52-59(35-61(53)111-6)90(5)73-79(52)29-32-92-30-18-28-78(9-2,72(79)92)74(106)81(73,110)75(107)83-44(3)64(48-21-14-11-15-22-48)113-71(105)58(42-96)88-66(100)55(25-26-62(82)99)85-70(104)63(47-19-12-10-13-20-47)89-68(102)57(41-95)86-67(101)56(40-94)87-69(103)60-33-49(98)39-93(60)45(4)97/h16-18,23-24,28,34-35,44,46-49,55-58,60,63-64,72-74,84,94-96,98,106,109-110H,8-15,19-22,25-27,29-33,36-43H2,1-7H3,(H2,82,99)(H,83,107)(H,85,104)(H,86,101)(H,87,103)(H,88,100)(H,89,102)/t44-,46?,49-,55-,56-,57-,58-,60-,63?,64-,72-,73+,74+,77-,78+,79+,80-,81-/m0/s1. The quantitative estimate of drug-likeness (QED) is 0.0321. The van der Waals surface area contributed by atoms with Crippen LogP contribution in [0.5, 0.6) is 5.75 Å². The summed E-state index contributed by atoms with van der Waals surface area (Å²) < 4.78 is 19.0. The van der Waals surface area contributed by atoms with Crippen molar-refractivity contribution in [3.05, 3.63) is 70.9 Å². The van der Waals surface area contributed by atoms with Gasteiger partial charge < -0.3 is 102 Å². The minimum atomic E-state index is -2.67. The molecule has 7 heterocycles. The number of likely N-dealkylation sites (N-methyl/N-ethyl adjacent to an activating group) is 1. The number of benzene rings is 2. The number of fused-ring (bicyclic) bond motifs is 6. The summed E-state index contributed by atoms with van der Waals surface area (Å²) in [6.07, 6.45) is 7.30. The van der Waals surface area contributed by atoms with E-state index in [4.69, 9.17) is 19.9 Å². The summed E-state index contributed by atoms with van der Waals surface area (Å²) in [6.45, 7) is 6.19. The minimum absolute atomic E-state index is 0.141. The van der Waals surface area contributed by atoms with E-state index in [-0.39, 0.29) is 31.7 Å². The summed E-state index contributed by atoms with van der Waals surface area (Å²) in [5.41, 5.74) is 2.04. The van der Waals surface area contributed by atoms with Gasteiger partial charge in [0.25, 0.3) is 5.91 Å². The van der Waals surface area contributed by atoms with E-state index in [0.29, 0.717) is 132 Å². The van der Waals surface area contributed by atoms with Crippen LogP contribution in [-0.2, 0) is 74.7 Å². The number of esters is 2. The largest absolute Gasteiger partial charge is 0.496 e. The van der Waals surface area contributed by atoms with E-state index in [1.807, 2.05) is 67.3 Å². The van der Waals surface area contributed by atoms with E-state index in [2.05, 4.69) is 46.7 Å². The molecule has 3 saturated carbocycles. The van der Waals surface area contributed by atoms with E-state index in [1.54, 1.807) is 14.0 Å². The third kappa shape index (κ3) is 15.5. The maximum atomic E-state index is 16.3. The van der Waals surface area contributed by atoms with Crippen LogP contribution in [0.3, 0.4) is 0 Å². The van der Waals surface area contributed by atoms with Crippen LogP contribution in [0, 0.1) is 23.2 Å². The lowest BCUT2D eigenvalue weighted by Gasteiger charge is -2.63. The first kappa shape index (κ1) is 84.1. The van der Waals surface area contributed by atoms with E-state index in [1.165, 1.54) is 21.1 Å². The molecule has 620 valence electrons. The second-order valence-electron chi connectivity index (χ2n) is 33.4. The van der Waals surface area contributed by atoms with Gasteiger partial charge in [0.15, 0.2) is 11.6 Å². The van der Waals surface area contributed by atoms with E-state index in [9.17, 15) is 74.1 Å². The van der Waals surface area contributed by atoms with Crippen LogP contribution in [0.1, 0.15) is 166 Å². The second kappa shape index (κ2) is 34.2. The Morgan fingerprint density at radius 1 is 0.735 bits per heavy atom. The molecule has 1 aromatic heterocycles. The number of ether oxygens (including phenoxy) is 3. The fourth-order valence-corrected chi connectivity index (χ4v) is 21.4. The summed E-state index contributed by atoms with van der Waals surface area (Å²) in [5.74, 6) is -10.1. The van der Waals surface area contributed by atoms with E-state index < -0.39 is 204 Å². The van der Waals surface area contributed by atoms with Gasteiger partial charge in [-0.2, -0.15) is 0 Å². The number of aliphatic hydroxyl groups excluding tert-OH is 5. The minimum Gasteiger partial charge on any atom is -0.496 e. The van der Waals surface area contributed by atoms with E-state index >= 15 is 9.59 Å². The zero-order chi connectivity index (χ0) is 81.4. The number of H-pyrrole nitrogens is 1. The fraction of sp³-hybridized carbons (Fsp3) is 0.679. The van der Waals surface area contributed by atoms with Crippen molar-refractivity contribution in [1.82, 2.24) is 51.6 Å². The number of nitrogens with zero attached hydrogens (tertiary/aromatic N) is 4. The molecular formula is C81H116N12O20. The van der Waals surface area contributed by atoms with Gasteiger partial charge in [-0.3, -0.25) is 53.0 Å². The van der Waals surface area contributed by atoms with Gasteiger partial charge in [-0.15, -0.1) is 0 Å². The van der Waals surface area contributed by atoms with Crippen molar-refractivity contribution in [3.8, 4) is 5.75 Å². The van der Waals surface area contributed by atoms with E-state index in [0.717, 1.165) is 39.8 Å². The molecule has 32 heteroatoms. The molecular weight excluding hydrogens is 1460 g/mol. The molecule has 9 aliphatic rings. The Morgan fingerprint density at radius 2 is 1.38 bits per heavy atom. The van der Waals surface area contributed by atoms with Crippen molar-refractivity contribution in [2.75, 3.05) is 85.3 Å². The number of carbonyl (C=O) groups is 10. The van der Waals surface area contributed by atoms with Crippen molar-refractivity contribution in [2.24, 2.45) is 28.9 Å². The second-order valence-corrected chi connectivity index (χ2v) is 33.4. The van der Waals surface area contributed by atoms with Crippen molar-refractivity contribution in [2.45, 2.75) is 244 Å². The highest BCUT2D eigenvalue weighted by molar-refractivity contribution is 5.99. The van der Waals surface area contributed by atoms with Crippen LogP contribution in [0.4, 0.5) is 5.69 Å². The molecule has 12 rings (SSSR count). The number of hydrogen-bond donors (Lipinski definition) is 15. The normalized spacial score (nSPS) is 30.7. The lowest BCUT2D eigenvalue weighted by atomic mass is 9.47. The predicted molar refractivity (Wildman–Crippen MR) is 411 cm³/mol. The first-order valence-corrected chi connectivity index (χ1v) is 40.5. The fourth-order valence-electron chi connectivity index (χ4n) is 21.4. The molecule has 6 fully saturated rings. The van der Waals surface area contributed by atoms with Gasteiger partial charge in [-0.05, 0) is 125 Å². The number of primary amides is 1. The molecule has 32 nitrogen and oxygen atoms in total. The molecule has 2 bridgehead atoms. The van der Waals surface area contributed by atoms with Gasteiger partial charge in [0.1, 0.15) is 53.6 Å². The van der Waals surface area contributed by atoms with Crippen LogP contribution in [0.2, 0.25) is 0 Å². The number of piperidine rings is 1. The number of methoxy groups -OCH3 is 2. The Kier molecular flexibility index (Phi) is 25.5. The predicted octanol–water partition coefficient (Wildman–Crippen LogP) is -0.528. The van der Waals surface area contributed by atoms with Gasteiger partial charge >= 0.3 is 11.9 Å². The maximum Gasteiger partial charge on any atom is 0.331 e. The van der Waals surface area contributed by atoms with Crippen molar-refractivity contribution >= 4 is 75.8 Å². The summed E-state index contributed by atoms with van der Waals surface area (Å²) in [5, 5.41) is 98.4. The average molecular weight is 1580 g/mol. The Labute approximate surface area is 657 Å². The van der Waals surface area contributed by atoms with Crippen LogP contribution in [-0.4, -0.2) is 279 Å². The third-order valence-electron chi connectivity index (χ3n) is 26.8. The lowest BCUT2D eigenvalue weighted by molar-refractivity contribution is -0.204. The summed E-state index contributed by atoms with van der Waals surface area (Å²) in [4.78, 5) is 153. The van der Waals surface area contributed by atoms with Crippen LogP contribution < -0.4 is 47.3 Å². The topological polar surface area (TPSA) is 467 Å². The highest BCUT2D eigenvalue weighted by Gasteiger charge is 2.79. The number of aliphatic hydroxyl groups is 7. The molecule has 113 heavy (non-hydrogen) atoms. The van der Waals surface area contributed by atoms with Gasteiger partial charge in [0, 0.05) is 110 Å². The summed E-state index contributed by atoms with van der Waals surface area (Å²) in [6, 6.07) is -0.645. The zero-order valence-electron chi connectivity index (χ0n) is 65.9. The number of amides is 8. The number of carbonyl (C=O) groups excluding carboxylic acids is 10. The van der Waals surface area contributed by atoms with Crippen molar-refractivity contribution in [3.63, 3.8) is 0 Å². The number of aromatic amines is 1. The van der Waals surface area contributed by atoms with Crippen LogP contribution in [0.15, 0.2) is 48.6 Å². The molecule has 3 aromatic rings. The lowest BCUT2D eigenvalue weighted by Crippen LogP contribution is -2.82. The number of likely N-dealkylation sites (tertiary alicyclic amines) is 1. The van der Waals surface area contributed by atoms with Crippen molar-refractivity contribution < 1.29 is 97.9 Å². The number of nitrogens with one attached hydrogen (secondary N) is 7. The van der Waals surface area contributed by atoms with Crippen molar-refractivity contribution in [1.29, 1.82) is 0 Å². The molecule has 6 aliphatic heterocycles. The number of β-amino-alcohol motifs (C(OH)–C–C–N with tert-alkyl or cyclic N) is 1. The molecule has 16 N–H and O–H groups in total. The molecule has 2 aromatic carbocycles. The number of anilines is 1. The Morgan fingerprint density at radius 3 is 2.03 bits per heavy atom. The molecule has 0 radical (unpaired) electrons. The van der Waals surface area contributed by atoms with Gasteiger partial charge in [-0.25, -0.2) is 4.79 Å². The number of hydrogen-bond acceptors (Lipinski definition) is 23. The van der Waals surface area contributed by atoms with Gasteiger partial charge in [-0.1, -0.05) is 82.7 Å². The highest BCUT2D eigenvalue weighted by Crippen LogP contribution is 2.68. The Balaban J connectivity index is 0.819. The molecule has 3 saturated heterocycles. The SMILES string of the molecule is CC[C@]1(O)CC2CN(CCc3c([nH]c4ccccc34)[C@@](C(=O)OC)(c3cc4c(cc3OC)N(C)[C@H]3[C@@](O)(C(=O)N[C@@H](C)[C@H](OC(=O)[C@H](CO)NC(=O)[C@H](CCC(N)=O)NC(=O)C(NC(=O)[C@H](CO)NC(=O)[C@H](CO)NC(=O)[C@@H]5C[C@H](O)CN5C(C)=O)C5CCCCC5)C5CCCCC5)[C@H](O)[C@]5(CC)C=CCN6CC[C@]43[C@@H]65)C2)C1. The zero-order valence-corrected chi connectivity index (χ0v) is 65.9. The third-order valence-corrected chi connectivity index (χ3v) is 26.8. The first-order valence-electron chi connectivity index (χ1n) is 40.5. The first-order chi connectivity index (χ1) is 54.0. The summed E-state index contributed by atoms with van der Waals surface area (Å²) >= 11 is 0. The maximum absolute atomic E-state index is 16.3. The van der Waals surface area contributed by atoms with Crippen LogP contribution >= 0.6 is 0 Å². The Hall–Kier alpha value is -8.34. The van der Waals surface area contributed by atoms with Crippen LogP contribution in [0.25, 0.3) is 10.9 Å². The number of rotatable bonds is 28. The molecule has 8 amide bonds. The smallest absolute Gasteiger partial charge is 0.331 e. The summed E-state index contributed by atoms with van der Waals surface area (Å²) in [7, 11) is 4.70. The molecule has 1 spiro atoms. The molecule has 19 atom stereocenters. The Bertz CT molecular complexity index is 4110. The average Bonchev–Trinajstić information content (AvgIpc) is 1.49. The van der Waals surface area contributed by atoms with Gasteiger partial charge in [0.2, 0.25) is 41.4 Å². The highest BCUT2D eigenvalue weighted by atomic mass is 16.5. The van der Waals surface area contributed by atoms with Gasteiger partial charge in [0.05, 0.1) is 57.8 Å². The number of aromatic nitrogens is 1. The monoisotopic (exact) mass is 1580 g/mol. The molecule has 3 unspecified atom stereocenters. The number of para-hydroxylation sites is 1. The molecule has 3 aliphatic carbocycles.